The molecular weight excluding hydrogens is 422 g/mol. The Kier molecular flexibility index (Phi) is 7.29. The zero-order valence-electron chi connectivity index (χ0n) is 19.6. The van der Waals surface area contributed by atoms with Gasteiger partial charge in [0.15, 0.2) is 0 Å². The highest BCUT2D eigenvalue weighted by Crippen LogP contribution is 2.63. The number of unbranched alkanes of at least 4 members (excludes halogenated alkanes) is 4. The number of hydrogen-bond acceptors (Lipinski definition) is 4. The van der Waals surface area contributed by atoms with Crippen LogP contribution in [0, 0.1) is 23.2 Å². The predicted molar refractivity (Wildman–Crippen MR) is 126 cm³/mol. The number of carboxylic acid groups (broad SMARTS) is 1. The Morgan fingerprint density at radius 3 is 2.53 bits per heavy atom. The molecule has 1 N–H and O–H groups in total. The van der Waals surface area contributed by atoms with Gasteiger partial charge in [-0.3, -0.25) is 9.69 Å². The molecule has 4 bridgehead atoms. The van der Waals surface area contributed by atoms with Crippen LogP contribution >= 0.6 is 11.8 Å². The van der Waals surface area contributed by atoms with Gasteiger partial charge in [0.25, 0.3) is 0 Å². The first kappa shape index (κ1) is 23.7. The first-order valence-corrected chi connectivity index (χ1v) is 13.7. The van der Waals surface area contributed by atoms with Gasteiger partial charge in [-0.15, -0.1) is 0 Å². The van der Waals surface area contributed by atoms with Crippen molar-refractivity contribution in [3.63, 3.8) is 0 Å². The lowest BCUT2D eigenvalue weighted by Gasteiger charge is -2.64. The summed E-state index contributed by atoms with van der Waals surface area (Å²) < 4.78 is 0.189. The molecule has 0 aromatic heterocycles. The van der Waals surface area contributed by atoms with Gasteiger partial charge in [0.2, 0.25) is 5.91 Å². The highest BCUT2D eigenvalue weighted by Gasteiger charge is 2.61. The third-order valence-corrected chi connectivity index (χ3v) is 10.0. The highest BCUT2D eigenvalue weighted by molar-refractivity contribution is 8.00. The number of carbonyl (C=O) groups is 2. The minimum atomic E-state index is -0.965. The minimum absolute atomic E-state index is 0.0925. The summed E-state index contributed by atoms with van der Waals surface area (Å²) in [6.07, 6.45) is 13.4. The number of rotatable bonds is 10. The maximum absolute atomic E-state index is 13.1. The number of nitriles is 1. The summed E-state index contributed by atoms with van der Waals surface area (Å²) in [5.74, 6) is 2.15. The van der Waals surface area contributed by atoms with Gasteiger partial charge in [0.05, 0.1) is 6.07 Å². The number of likely N-dealkylation sites (tertiary alicyclic amines) is 1. The van der Waals surface area contributed by atoms with E-state index < -0.39 is 17.7 Å². The highest BCUT2D eigenvalue weighted by atomic mass is 32.2. The summed E-state index contributed by atoms with van der Waals surface area (Å²) in [5, 5.41) is 19.6. The molecule has 3 atom stereocenters. The van der Waals surface area contributed by atoms with Crippen LogP contribution in [0.1, 0.15) is 90.4 Å². The Morgan fingerprint density at radius 2 is 1.88 bits per heavy atom. The fourth-order valence-corrected chi connectivity index (χ4v) is 9.33. The van der Waals surface area contributed by atoms with Crippen molar-refractivity contribution >= 4 is 23.8 Å². The number of carbonyl (C=O) groups excluding carboxylic acids is 1. The monoisotopic (exact) mass is 461 g/mol. The van der Waals surface area contributed by atoms with Crippen LogP contribution in [0.4, 0.5) is 4.79 Å². The molecule has 0 aromatic carbocycles. The molecule has 2 amide bonds. The average molecular weight is 462 g/mol. The van der Waals surface area contributed by atoms with Crippen molar-refractivity contribution in [3.8, 4) is 6.07 Å². The van der Waals surface area contributed by atoms with Crippen molar-refractivity contribution in [2.24, 2.45) is 11.8 Å². The molecule has 5 rings (SSSR count). The Labute approximate surface area is 197 Å². The van der Waals surface area contributed by atoms with E-state index in [-0.39, 0.29) is 17.2 Å². The molecule has 0 radical (unpaired) electrons. The lowest BCUT2D eigenvalue weighted by molar-refractivity contribution is -0.136. The van der Waals surface area contributed by atoms with Gasteiger partial charge >= 0.3 is 6.09 Å². The molecule has 7 heteroatoms. The van der Waals surface area contributed by atoms with Crippen LogP contribution in [0.2, 0.25) is 0 Å². The zero-order valence-corrected chi connectivity index (χ0v) is 20.4. The smallest absolute Gasteiger partial charge is 0.408 e. The first-order valence-electron chi connectivity index (χ1n) is 12.7. The van der Waals surface area contributed by atoms with Crippen molar-refractivity contribution < 1.29 is 14.7 Å². The lowest BCUT2D eigenvalue weighted by atomic mass is 9.52. The number of nitrogens with zero attached hydrogens (tertiary/aromatic N) is 3. The van der Waals surface area contributed by atoms with Crippen molar-refractivity contribution in [1.82, 2.24) is 9.80 Å². The molecule has 178 valence electrons. The Bertz CT molecular complexity index is 737. The average Bonchev–Trinajstić information content (AvgIpc) is 3.22. The summed E-state index contributed by atoms with van der Waals surface area (Å²) in [6, 6.07) is 1.82. The quantitative estimate of drug-likeness (QED) is 0.448. The summed E-state index contributed by atoms with van der Waals surface area (Å²) in [4.78, 5) is 28.6. The molecule has 1 aliphatic heterocycles. The molecule has 32 heavy (non-hydrogen) atoms. The van der Waals surface area contributed by atoms with Gasteiger partial charge in [-0.1, -0.05) is 32.6 Å². The molecule has 5 fully saturated rings. The second kappa shape index (κ2) is 9.83. The van der Waals surface area contributed by atoms with Crippen molar-refractivity contribution in [2.45, 2.75) is 107 Å². The third-order valence-electron chi connectivity index (χ3n) is 8.45. The molecule has 1 saturated heterocycles. The summed E-state index contributed by atoms with van der Waals surface area (Å²) in [6.45, 7) is 2.72. The van der Waals surface area contributed by atoms with E-state index in [1.54, 1.807) is 4.90 Å². The van der Waals surface area contributed by atoms with E-state index in [1.807, 2.05) is 0 Å². The topological polar surface area (TPSA) is 84.6 Å². The second-order valence-corrected chi connectivity index (χ2v) is 12.4. The van der Waals surface area contributed by atoms with E-state index in [9.17, 15) is 20.0 Å². The van der Waals surface area contributed by atoms with Crippen molar-refractivity contribution in [1.29, 1.82) is 5.26 Å². The van der Waals surface area contributed by atoms with Gasteiger partial charge in [-0.25, -0.2) is 4.79 Å². The molecule has 0 aromatic rings. The largest absolute Gasteiger partial charge is 0.465 e. The van der Waals surface area contributed by atoms with Crippen LogP contribution in [-0.2, 0) is 4.79 Å². The van der Waals surface area contributed by atoms with E-state index in [0.717, 1.165) is 25.7 Å². The van der Waals surface area contributed by atoms with E-state index >= 15 is 0 Å². The fourth-order valence-electron chi connectivity index (χ4n) is 7.47. The Morgan fingerprint density at radius 1 is 1.16 bits per heavy atom. The van der Waals surface area contributed by atoms with Crippen LogP contribution in [0.15, 0.2) is 0 Å². The maximum Gasteiger partial charge on any atom is 0.408 e. The van der Waals surface area contributed by atoms with Gasteiger partial charge in [0, 0.05) is 16.8 Å². The molecule has 4 saturated carbocycles. The number of thioether (sulfide) groups is 1. The van der Waals surface area contributed by atoms with Crippen molar-refractivity contribution in [2.75, 3.05) is 18.8 Å². The fraction of sp³-hybridized carbons (Fsp3) is 0.880. The van der Waals surface area contributed by atoms with Crippen LogP contribution in [-0.4, -0.2) is 62.1 Å². The van der Waals surface area contributed by atoms with E-state index in [0.29, 0.717) is 24.8 Å². The molecule has 5 aliphatic rings. The second-order valence-electron chi connectivity index (χ2n) is 10.9. The maximum atomic E-state index is 13.1. The predicted octanol–water partition coefficient (Wildman–Crippen LogP) is 5.28. The molecular formula is C25H39N3O3S. The summed E-state index contributed by atoms with van der Waals surface area (Å²) in [5.41, 5.74) is -0.400. The van der Waals surface area contributed by atoms with Gasteiger partial charge in [-0.05, 0) is 75.4 Å². The molecule has 2 unspecified atom stereocenters. The Balaban J connectivity index is 1.45. The van der Waals surface area contributed by atoms with Gasteiger partial charge in [0.1, 0.15) is 12.6 Å². The van der Waals surface area contributed by atoms with Crippen LogP contribution in [0.25, 0.3) is 0 Å². The van der Waals surface area contributed by atoms with Crippen molar-refractivity contribution in [3.05, 3.63) is 0 Å². The molecule has 0 spiro atoms. The SMILES string of the molecule is CCCCCCCSC12CC3CC(C1)CC(N(CC(=O)N1CCC[C@H]1C#N)C(=O)O)(C3)C2. The van der Waals surface area contributed by atoms with Gasteiger partial charge < -0.3 is 10.0 Å². The first-order chi connectivity index (χ1) is 15.4. The van der Waals surface area contributed by atoms with Crippen LogP contribution in [0.5, 0.6) is 0 Å². The normalized spacial score (nSPS) is 35.1. The summed E-state index contributed by atoms with van der Waals surface area (Å²) >= 11 is 2.11. The third kappa shape index (κ3) is 4.76. The molecule has 6 nitrogen and oxygen atoms in total. The Hall–Kier alpha value is -1.42. The van der Waals surface area contributed by atoms with E-state index in [4.69, 9.17) is 0 Å². The van der Waals surface area contributed by atoms with Gasteiger partial charge in [-0.2, -0.15) is 17.0 Å². The van der Waals surface area contributed by atoms with Crippen LogP contribution in [0.3, 0.4) is 0 Å². The zero-order chi connectivity index (χ0) is 22.8. The lowest BCUT2D eigenvalue weighted by Crippen LogP contribution is -2.66. The molecule has 4 aliphatic carbocycles. The summed E-state index contributed by atoms with van der Waals surface area (Å²) in [7, 11) is 0. The van der Waals surface area contributed by atoms with Crippen LogP contribution < -0.4 is 0 Å². The standard InChI is InChI=1S/C25H39N3O3S/c1-2-3-4-5-6-10-32-25-14-19-11-20(15-25)13-24(12-19,18-25)28(23(30)31)17-22(29)27-9-7-8-21(27)16-26/h19-21H,2-15,17-18H2,1H3,(H,30,31)/t19?,20?,21-,24?,25?/m0/s1. The van der Waals surface area contributed by atoms with E-state index in [1.165, 1.54) is 62.0 Å². The van der Waals surface area contributed by atoms with E-state index in [2.05, 4.69) is 24.8 Å². The molecule has 1 heterocycles. The minimum Gasteiger partial charge on any atom is -0.465 e. The number of amides is 2. The number of hydrogen-bond donors (Lipinski definition) is 1.